The van der Waals surface area contributed by atoms with E-state index >= 15 is 0 Å². The van der Waals surface area contributed by atoms with Crippen molar-refractivity contribution < 1.29 is 14.0 Å². The van der Waals surface area contributed by atoms with Gasteiger partial charge in [-0.1, -0.05) is 32.4 Å². The van der Waals surface area contributed by atoms with Crippen LogP contribution in [0.15, 0.2) is 10.4 Å². The Morgan fingerprint density at radius 1 is 1.46 bits per heavy atom. The van der Waals surface area contributed by atoms with E-state index in [9.17, 15) is 4.79 Å². The van der Waals surface area contributed by atoms with Crippen LogP contribution >= 0.6 is 22.9 Å². The number of nitrogens with zero attached hydrogens (tertiary/aromatic N) is 1. The smallest absolute Gasteiger partial charge is 0.308 e. The van der Waals surface area contributed by atoms with Gasteiger partial charge in [0.15, 0.2) is 8.32 Å². The SMILES string of the molecule is CCOC(=O)C[C@H](O[Si](C)(C)C(C)(C)C)/C(Cl)=C\c1csc(C)n1. The Hall–Kier alpha value is -0.693. The summed E-state index contributed by atoms with van der Waals surface area (Å²) >= 11 is 8.07. The maximum Gasteiger partial charge on any atom is 0.308 e. The molecule has 1 aromatic heterocycles. The number of esters is 1. The number of rotatable bonds is 7. The summed E-state index contributed by atoms with van der Waals surface area (Å²) < 4.78 is 11.4. The average Bonchev–Trinajstić information content (AvgIpc) is 2.82. The van der Waals surface area contributed by atoms with Crippen molar-refractivity contribution in [1.82, 2.24) is 4.98 Å². The zero-order valence-electron chi connectivity index (χ0n) is 15.6. The highest BCUT2D eigenvalue weighted by atomic mass is 35.5. The van der Waals surface area contributed by atoms with E-state index in [0.29, 0.717) is 11.6 Å². The van der Waals surface area contributed by atoms with Crippen LogP contribution in [0, 0.1) is 6.92 Å². The first kappa shape index (κ1) is 21.3. The van der Waals surface area contributed by atoms with Crippen LogP contribution in [0.2, 0.25) is 18.1 Å². The third kappa shape index (κ3) is 6.31. The molecule has 0 aliphatic heterocycles. The van der Waals surface area contributed by atoms with Crippen molar-refractivity contribution in [2.45, 2.75) is 65.3 Å². The number of hydrogen-bond donors (Lipinski definition) is 0. The van der Waals surface area contributed by atoms with Crippen molar-refractivity contribution in [2.75, 3.05) is 6.61 Å². The van der Waals surface area contributed by atoms with Gasteiger partial charge in [-0.05, 0) is 38.1 Å². The van der Waals surface area contributed by atoms with Crippen LogP contribution in [0.5, 0.6) is 0 Å². The van der Waals surface area contributed by atoms with Gasteiger partial charge in [-0.3, -0.25) is 4.79 Å². The molecular weight excluding hydrogens is 362 g/mol. The molecule has 0 saturated heterocycles. The predicted molar refractivity (Wildman–Crippen MR) is 104 cm³/mol. The lowest BCUT2D eigenvalue weighted by Gasteiger charge is -2.39. The zero-order chi connectivity index (χ0) is 18.5. The Balaban J connectivity index is 3.04. The first-order chi connectivity index (χ1) is 11.0. The minimum atomic E-state index is -2.08. The van der Waals surface area contributed by atoms with Crippen molar-refractivity contribution in [2.24, 2.45) is 0 Å². The molecule has 0 aliphatic carbocycles. The maximum atomic E-state index is 12.0. The Kier molecular flexibility index (Phi) is 7.65. The number of ether oxygens (including phenoxy) is 1. The summed E-state index contributed by atoms with van der Waals surface area (Å²) in [5, 5.41) is 3.41. The minimum absolute atomic E-state index is 0.0221. The number of thiazole rings is 1. The van der Waals surface area contributed by atoms with E-state index in [0.717, 1.165) is 10.7 Å². The number of halogens is 1. The van der Waals surface area contributed by atoms with E-state index in [1.165, 1.54) is 0 Å². The number of carbonyl (C=O) groups excluding carboxylic acids is 1. The van der Waals surface area contributed by atoms with E-state index in [-0.39, 0.29) is 17.4 Å². The lowest BCUT2D eigenvalue weighted by Crippen LogP contribution is -2.44. The molecule has 7 heteroatoms. The number of carbonyl (C=O) groups is 1. The van der Waals surface area contributed by atoms with E-state index in [4.69, 9.17) is 20.8 Å². The average molecular weight is 390 g/mol. The van der Waals surface area contributed by atoms with Crippen molar-refractivity contribution in [3.8, 4) is 0 Å². The molecule has 0 saturated carbocycles. The summed E-state index contributed by atoms with van der Waals surface area (Å²) in [6, 6.07) is 0. The molecule has 1 rings (SSSR count). The van der Waals surface area contributed by atoms with Gasteiger partial charge in [-0.25, -0.2) is 4.98 Å². The molecule has 0 bridgehead atoms. The van der Waals surface area contributed by atoms with Crippen molar-refractivity contribution in [1.29, 1.82) is 0 Å². The third-order valence-corrected chi connectivity index (χ3v) is 9.76. The monoisotopic (exact) mass is 389 g/mol. The molecule has 136 valence electrons. The zero-order valence-corrected chi connectivity index (χ0v) is 18.2. The van der Waals surface area contributed by atoms with Gasteiger partial charge >= 0.3 is 5.97 Å². The van der Waals surface area contributed by atoms with Crippen LogP contribution in [-0.4, -0.2) is 32.0 Å². The third-order valence-electron chi connectivity index (χ3n) is 4.13. The van der Waals surface area contributed by atoms with E-state index in [1.54, 1.807) is 24.3 Å². The summed E-state index contributed by atoms with van der Waals surface area (Å²) in [6.07, 6.45) is 1.38. The van der Waals surface area contributed by atoms with Crippen LogP contribution in [0.3, 0.4) is 0 Å². The minimum Gasteiger partial charge on any atom is -0.466 e. The van der Waals surface area contributed by atoms with Crippen LogP contribution in [0.4, 0.5) is 0 Å². The second kappa shape index (κ2) is 8.60. The highest BCUT2D eigenvalue weighted by Crippen LogP contribution is 2.39. The molecule has 0 spiro atoms. The number of aromatic nitrogens is 1. The van der Waals surface area contributed by atoms with Crippen LogP contribution in [0.25, 0.3) is 6.08 Å². The number of hydrogen-bond acceptors (Lipinski definition) is 5. The Morgan fingerprint density at radius 2 is 2.08 bits per heavy atom. The van der Waals surface area contributed by atoms with Crippen molar-refractivity contribution in [3.63, 3.8) is 0 Å². The van der Waals surface area contributed by atoms with Crippen molar-refractivity contribution in [3.05, 3.63) is 21.1 Å². The molecule has 0 aliphatic rings. The fourth-order valence-corrected chi connectivity index (χ4v) is 3.93. The van der Waals surface area contributed by atoms with Gasteiger partial charge < -0.3 is 9.16 Å². The van der Waals surface area contributed by atoms with E-state index in [1.807, 2.05) is 12.3 Å². The summed E-state index contributed by atoms with van der Waals surface area (Å²) in [5.74, 6) is -0.304. The molecule has 1 atom stereocenters. The molecule has 1 heterocycles. The Bertz CT molecular complexity index is 593. The van der Waals surface area contributed by atoms with Crippen LogP contribution in [0.1, 0.15) is 44.8 Å². The second-order valence-electron chi connectivity index (χ2n) is 7.20. The van der Waals surface area contributed by atoms with Gasteiger partial charge in [0.25, 0.3) is 0 Å². The summed E-state index contributed by atoms with van der Waals surface area (Å²) in [7, 11) is -2.08. The molecule has 0 amide bonds. The first-order valence-electron chi connectivity index (χ1n) is 8.09. The maximum absolute atomic E-state index is 12.0. The molecule has 0 N–H and O–H groups in total. The first-order valence-corrected chi connectivity index (χ1v) is 12.3. The molecule has 0 aromatic carbocycles. The molecule has 0 fully saturated rings. The number of aryl methyl sites for hydroxylation is 1. The summed E-state index contributed by atoms with van der Waals surface area (Å²) in [4.78, 5) is 16.4. The highest BCUT2D eigenvalue weighted by molar-refractivity contribution is 7.09. The van der Waals surface area contributed by atoms with Crippen molar-refractivity contribution >= 4 is 43.3 Å². The Morgan fingerprint density at radius 3 is 2.54 bits per heavy atom. The quantitative estimate of drug-likeness (QED) is 0.464. The normalized spacial score (nSPS) is 14.6. The fraction of sp³-hybridized carbons (Fsp3) is 0.647. The topological polar surface area (TPSA) is 48.4 Å². The lowest BCUT2D eigenvalue weighted by atomic mass is 10.2. The molecule has 0 radical (unpaired) electrons. The molecular formula is C17H28ClNO3SSi. The van der Waals surface area contributed by atoms with Gasteiger partial charge in [0.2, 0.25) is 0 Å². The molecule has 1 aromatic rings. The van der Waals surface area contributed by atoms with Crippen LogP contribution < -0.4 is 0 Å². The van der Waals surface area contributed by atoms with Gasteiger partial charge in [0, 0.05) is 10.4 Å². The largest absolute Gasteiger partial charge is 0.466 e. The van der Waals surface area contributed by atoms with Gasteiger partial charge in [0.1, 0.15) is 0 Å². The van der Waals surface area contributed by atoms with Crippen LogP contribution in [-0.2, 0) is 14.0 Å². The van der Waals surface area contributed by atoms with Gasteiger partial charge in [-0.15, -0.1) is 11.3 Å². The standard InChI is InChI=1S/C17H28ClNO3SSi/c1-8-21-16(20)10-15(22-24(6,7)17(3,4)5)14(18)9-13-11-23-12(2)19-13/h9,11,15H,8,10H2,1-7H3/b14-9+/t15-/m0/s1. The summed E-state index contributed by atoms with van der Waals surface area (Å²) in [5.41, 5.74) is 0.787. The molecule has 24 heavy (non-hydrogen) atoms. The summed E-state index contributed by atoms with van der Waals surface area (Å²) in [6.45, 7) is 14.8. The van der Waals surface area contributed by atoms with E-state index < -0.39 is 14.4 Å². The van der Waals surface area contributed by atoms with E-state index in [2.05, 4.69) is 38.8 Å². The highest BCUT2D eigenvalue weighted by Gasteiger charge is 2.40. The second-order valence-corrected chi connectivity index (χ2v) is 13.5. The lowest BCUT2D eigenvalue weighted by molar-refractivity contribution is -0.144. The molecule has 0 unspecified atom stereocenters. The molecule has 4 nitrogen and oxygen atoms in total. The fourth-order valence-electron chi connectivity index (χ4n) is 1.78. The Labute approximate surface area is 155 Å². The van der Waals surface area contributed by atoms with Gasteiger partial charge in [0.05, 0.1) is 29.8 Å². The van der Waals surface area contributed by atoms with Gasteiger partial charge in [-0.2, -0.15) is 0 Å². The predicted octanol–water partition coefficient (Wildman–Crippen LogP) is 5.37.